The van der Waals surface area contributed by atoms with Gasteiger partial charge in [0.2, 0.25) is 5.91 Å². The lowest BCUT2D eigenvalue weighted by molar-refractivity contribution is -0.142. The molecule has 3 unspecified atom stereocenters. The molecule has 5 nitrogen and oxygen atoms in total. The van der Waals surface area contributed by atoms with Crippen molar-refractivity contribution in [3.05, 3.63) is 0 Å². The first-order valence-corrected chi connectivity index (χ1v) is 6.50. The second-order valence-electron chi connectivity index (χ2n) is 4.19. The highest BCUT2D eigenvalue weighted by Gasteiger charge is 2.50. The normalized spacial score (nSPS) is 30.0. The van der Waals surface area contributed by atoms with Crippen molar-refractivity contribution in [3.8, 4) is 0 Å². The van der Waals surface area contributed by atoms with Crippen LogP contribution in [-0.4, -0.2) is 48.1 Å². The van der Waals surface area contributed by atoms with Crippen molar-refractivity contribution >= 4 is 23.6 Å². The SMILES string of the molecule is COC(=O)C1CC1C(N)C(=O)N1CCSC1. The Hall–Kier alpha value is -0.750. The first-order chi connectivity index (χ1) is 7.65. The predicted octanol–water partition coefficient (Wildman–Crippen LogP) is -0.344. The van der Waals surface area contributed by atoms with Crippen LogP contribution in [-0.2, 0) is 14.3 Å². The molecule has 3 atom stereocenters. The largest absolute Gasteiger partial charge is 0.469 e. The van der Waals surface area contributed by atoms with Gasteiger partial charge in [-0.05, 0) is 12.3 Å². The van der Waals surface area contributed by atoms with Gasteiger partial charge in [-0.1, -0.05) is 0 Å². The molecule has 2 aliphatic rings. The van der Waals surface area contributed by atoms with Gasteiger partial charge in [-0.2, -0.15) is 0 Å². The molecular formula is C10H16N2O3S. The molecule has 2 rings (SSSR count). The van der Waals surface area contributed by atoms with Gasteiger partial charge in [0, 0.05) is 12.3 Å². The Morgan fingerprint density at radius 2 is 2.31 bits per heavy atom. The van der Waals surface area contributed by atoms with Crippen molar-refractivity contribution in [2.45, 2.75) is 12.5 Å². The van der Waals surface area contributed by atoms with Crippen LogP contribution in [0.1, 0.15) is 6.42 Å². The van der Waals surface area contributed by atoms with Gasteiger partial charge in [0.05, 0.1) is 24.9 Å². The van der Waals surface area contributed by atoms with Crippen molar-refractivity contribution < 1.29 is 14.3 Å². The molecule has 16 heavy (non-hydrogen) atoms. The van der Waals surface area contributed by atoms with Gasteiger partial charge in [-0.25, -0.2) is 0 Å². The van der Waals surface area contributed by atoms with Crippen LogP contribution in [0.3, 0.4) is 0 Å². The third-order valence-corrected chi connectivity index (χ3v) is 4.12. The Bertz CT molecular complexity index is 304. The Kier molecular flexibility index (Phi) is 3.39. The van der Waals surface area contributed by atoms with E-state index >= 15 is 0 Å². The predicted molar refractivity (Wildman–Crippen MR) is 60.6 cm³/mol. The number of hydrogen-bond acceptors (Lipinski definition) is 5. The van der Waals surface area contributed by atoms with Crippen LogP contribution >= 0.6 is 11.8 Å². The summed E-state index contributed by atoms with van der Waals surface area (Å²) in [5.41, 5.74) is 5.88. The van der Waals surface area contributed by atoms with E-state index in [2.05, 4.69) is 4.74 Å². The average molecular weight is 244 g/mol. The maximum atomic E-state index is 11.9. The summed E-state index contributed by atoms with van der Waals surface area (Å²) in [4.78, 5) is 24.9. The highest BCUT2D eigenvalue weighted by atomic mass is 32.2. The zero-order valence-electron chi connectivity index (χ0n) is 9.22. The second-order valence-corrected chi connectivity index (χ2v) is 5.27. The highest BCUT2D eigenvalue weighted by Crippen LogP contribution is 2.42. The summed E-state index contributed by atoms with van der Waals surface area (Å²) in [6.07, 6.45) is 0.681. The van der Waals surface area contributed by atoms with Crippen LogP contribution in [0, 0.1) is 11.8 Å². The van der Waals surface area contributed by atoms with E-state index in [1.807, 2.05) is 0 Å². The van der Waals surface area contributed by atoms with Crippen molar-refractivity contribution in [1.29, 1.82) is 0 Å². The number of ether oxygens (including phenoxy) is 1. The molecule has 1 aliphatic carbocycles. The molecule has 1 aliphatic heterocycles. The first-order valence-electron chi connectivity index (χ1n) is 5.35. The summed E-state index contributed by atoms with van der Waals surface area (Å²) in [6, 6.07) is -0.539. The molecule has 2 N–H and O–H groups in total. The van der Waals surface area contributed by atoms with E-state index in [0.29, 0.717) is 6.42 Å². The van der Waals surface area contributed by atoms with Crippen molar-refractivity contribution in [2.75, 3.05) is 25.3 Å². The minimum Gasteiger partial charge on any atom is -0.469 e. The van der Waals surface area contributed by atoms with E-state index in [1.165, 1.54) is 7.11 Å². The van der Waals surface area contributed by atoms with Gasteiger partial charge in [-0.15, -0.1) is 11.8 Å². The topological polar surface area (TPSA) is 72.6 Å². The van der Waals surface area contributed by atoms with Crippen LogP contribution in [0.5, 0.6) is 0 Å². The lowest BCUT2D eigenvalue weighted by Gasteiger charge is -2.19. The molecule has 0 spiro atoms. The van der Waals surface area contributed by atoms with Gasteiger partial charge >= 0.3 is 5.97 Å². The van der Waals surface area contributed by atoms with Crippen LogP contribution in [0.4, 0.5) is 0 Å². The number of thioether (sulfide) groups is 1. The van der Waals surface area contributed by atoms with Crippen LogP contribution in [0.2, 0.25) is 0 Å². The number of methoxy groups -OCH3 is 1. The van der Waals surface area contributed by atoms with Gasteiger partial charge < -0.3 is 15.4 Å². The zero-order chi connectivity index (χ0) is 11.7. The molecule has 0 aromatic rings. The van der Waals surface area contributed by atoms with E-state index in [0.717, 1.165) is 18.2 Å². The molecule has 6 heteroatoms. The van der Waals surface area contributed by atoms with Gasteiger partial charge in [0.1, 0.15) is 0 Å². The molecule has 1 amide bonds. The molecule has 1 saturated heterocycles. The lowest BCUT2D eigenvalue weighted by atomic mass is 10.1. The maximum absolute atomic E-state index is 11.9. The monoisotopic (exact) mass is 244 g/mol. The van der Waals surface area contributed by atoms with Crippen LogP contribution in [0.15, 0.2) is 0 Å². The van der Waals surface area contributed by atoms with Crippen molar-refractivity contribution in [3.63, 3.8) is 0 Å². The van der Waals surface area contributed by atoms with Gasteiger partial charge in [0.25, 0.3) is 0 Å². The number of carbonyl (C=O) groups is 2. The Balaban J connectivity index is 1.86. The fourth-order valence-electron chi connectivity index (χ4n) is 2.02. The number of esters is 1. The molecule has 90 valence electrons. The summed E-state index contributed by atoms with van der Waals surface area (Å²) in [5, 5.41) is 0. The smallest absolute Gasteiger partial charge is 0.309 e. The van der Waals surface area contributed by atoms with E-state index in [9.17, 15) is 9.59 Å². The number of rotatable bonds is 3. The Morgan fingerprint density at radius 1 is 1.56 bits per heavy atom. The molecule has 0 aromatic heterocycles. The number of amides is 1. The minimum absolute atomic E-state index is 0.0226. The number of nitrogens with zero attached hydrogens (tertiary/aromatic N) is 1. The fraction of sp³-hybridized carbons (Fsp3) is 0.800. The van der Waals surface area contributed by atoms with Crippen molar-refractivity contribution in [2.24, 2.45) is 17.6 Å². The molecule has 2 fully saturated rings. The summed E-state index contributed by atoms with van der Waals surface area (Å²) < 4.78 is 4.64. The lowest BCUT2D eigenvalue weighted by Crippen LogP contribution is -2.44. The van der Waals surface area contributed by atoms with E-state index < -0.39 is 6.04 Å². The summed E-state index contributed by atoms with van der Waals surface area (Å²) >= 11 is 1.73. The van der Waals surface area contributed by atoms with Gasteiger partial charge in [0.15, 0.2) is 0 Å². The molecule has 0 aromatic carbocycles. The number of hydrogen-bond donors (Lipinski definition) is 1. The average Bonchev–Trinajstić information content (AvgIpc) is 2.91. The van der Waals surface area contributed by atoms with Crippen molar-refractivity contribution in [1.82, 2.24) is 4.90 Å². The standard InChI is InChI=1S/C10H16N2O3S/c1-15-10(14)7-4-6(7)8(11)9(13)12-2-3-16-5-12/h6-8H,2-5,11H2,1H3. The molecule has 0 radical (unpaired) electrons. The molecule has 0 bridgehead atoms. The third-order valence-electron chi connectivity index (χ3n) is 3.15. The summed E-state index contributed by atoms with van der Waals surface area (Å²) in [7, 11) is 1.36. The van der Waals surface area contributed by atoms with E-state index in [4.69, 9.17) is 5.73 Å². The van der Waals surface area contributed by atoms with Crippen LogP contribution in [0.25, 0.3) is 0 Å². The van der Waals surface area contributed by atoms with Crippen LogP contribution < -0.4 is 5.73 Å². The molecule has 1 saturated carbocycles. The Morgan fingerprint density at radius 3 is 2.88 bits per heavy atom. The molecule has 1 heterocycles. The zero-order valence-corrected chi connectivity index (χ0v) is 10.0. The summed E-state index contributed by atoms with van der Waals surface area (Å²) in [5.74, 6) is 1.24. The van der Waals surface area contributed by atoms with E-state index in [1.54, 1.807) is 16.7 Å². The number of nitrogens with two attached hydrogens (primary N) is 1. The minimum atomic E-state index is -0.539. The number of carbonyl (C=O) groups excluding carboxylic acids is 2. The highest BCUT2D eigenvalue weighted by molar-refractivity contribution is 7.99. The Labute approximate surface area is 98.7 Å². The quantitative estimate of drug-likeness (QED) is 0.687. The van der Waals surface area contributed by atoms with E-state index in [-0.39, 0.29) is 23.7 Å². The molecular weight excluding hydrogens is 228 g/mol. The van der Waals surface area contributed by atoms with Gasteiger partial charge in [-0.3, -0.25) is 9.59 Å². The summed E-state index contributed by atoms with van der Waals surface area (Å²) in [6.45, 7) is 0.771. The maximum Gasteiger partial charge on any atom is 0.309 e. The first kappa shape index (κ1) is 11.7. The third kappa shape index (κ3) is 2.17. The second kappa shape index (κ2) is 4.63. The fourth-order valence-corrected chi connectivity index (χ4v) is 2.97.